The first-order chi connectivity index (χ1) is 9.58. The fraction of sp³-hybridized carbons (Fsp3) is 0.154. The number of aromatic nitrogens is 1. The minimum Gasteiger partial charge on any atom is -0.392 e. The molecule has 0 fully saturated rings. The third-order valence-electron chi connectivity index (χ3n) is 2.67. The first-order valence-electron chi connectivity index (χ1n) is 5.83. The van der Waals surface area contributed by atoms with Gasteiger partial charge in [0.15, 0.2) is 0 Å². The first kappa shape index (κ1) is 14.2. The molecule has 0 aliphatic rings. The number of nitrogens with one attached hydrogen (secondary N) is 1. The van der Waals surface area contributed by atoms with Crippen LogP contribution >= 0.6 is 11.6 Å². The lowest BCUT2D eigenvalue weighted by Gasteiger charge is -2.06. The lowest BCUT2D eigenvalue weighted by atomic mass is 10.1. The van der Waals surface area contributed by atoms with E-state index >= 15 is 0 Å². The lowest BCUT2D eigenvalue weighted by molar-refractivity contribution is -0.384. The largest absolute Gasteiger partial charge is 0.392 e. The number of pyridine rings is 1. The third-order valence-corrected chi connectivity index (χ3v) is 2.86. The van der Waals surface area contributed by atoms with Crippen LogP contribution in [0.15, 0.2) is 36.4 Å². The van der Waals surface area contributed by atoms with Gasteiger partial charge in [-0.1, -0.05) is 35.9 Å². The Morgan fingerprint density at radius 2 is 1.90 bits per heavy atom. The number of hydrogen-bond acceptors (Lipinski definition) is 5. The molecule has 6 nitrogen and oxygen atoms in total. The van der Waals surface area contributed by atoms with Gasteiger partial charge in [-0.2, -0.15) is 0 Å². The zero-order valence-electron chi connectivity index (χ0n) is 10.4. The molecular formula is C13H12ClN3O3. The van der Waals surface area contributed by atoms with Crippen LogP contribution in [0.5, 0.6) is 0 Å². The topological polar surface area (TPSA) is 88.3 Å². The van der Waals surface area contributed by atoms with E-state index in [0.717, 1.165) is 11.1 Å². The van der Waals surface area contributed by atoms with Crippen molar-refractivity contribution in [2.45, 2.75) is 13.2 Å². The van der Waals surface area contributed by atoms with E-state index in [0.29, 0.717) is 12.4 Å². The van der Waals surface area contributed by atoms with Crippen molar-refractivity contribution in [1.29, 1.82) is 0 Å². The molecule has 20 heavy (non-hydrogen) atoms. The summed E-state index contributed by atoms with van der Waals surface area (Å²) in [6.45, 7) is 0.450. The summed E-state index contributed by atoms with van der Waals surface area (Å²) < 4.78 is 0. The molecule has 0 unspecified atom stereocenters. The predicted molar refractivity (Wildman–Crippen MR) is 75.6 cm³/mol. The second kappa shape index (κ2) is 6.31. The van der Waals surface area contributed by atoms with Crippen molar-refractivity contribution >= 4 is 23.1 Å². The monoisotopic (exact) mass is 293 g/mol. The highest BCUT2D eigenvalue weighted by atomic mass is 35.5. The van der Waals surface area contributed by atoms with Gasteiger partial charge in [0.2, 0.25) is 0 Å². The van der Waals surface area contributed by atoms with Crippen LogP contribution in [0.4, 0.5) is 11.5 Å². The number of anilines is 1. The maximum absolute atomic E-state index is 10.7. The number of aliphatic hydroxyl groups is 1. The van der Waals surface area contributed by atoms with Gasteiger partial charge < -0.3 is 10.4 Å². The first-order valence-corrected chi connectivity index (χ1v) is 6.21. The van der Waals surface area contributed by atoms with Gasteiger partial charge >= 0.3 is 0 Å². The van der Waals surface area contributed by atoms with Crippen LogP contribution < -0.4 is 5.32 Å². The van der Waals surface area contributed by atoms with Gasteiger partial charge in [-0.3, -0.25) is 10.1 Å². The summed E-state index contributed by atoms with van der Waals surface area (Å²) in [6.07, 6.45) is 0. The van der Waals surface area contributed by atoms with Crippen molar-refractivity contribution in [2.24, 2.45) is 0 Å². The zero-order valence-corrected chi connectivity index (χ0v) is 11.2. The van der Waals surface area contributed by atoms with E-state index in [1.807, 2.05) is 24.3 Å². The van der Waals surface area contributed by atoms with E-state index < -0.39 is 4.92 Å². The number of benzene rings is 1. The molecule has 104 valence electrons. The van der Waals surface area contributed by atoms with E-state index in [1.165, 1.54) is 12.1 Å². The molecule has 2 aromatic rings. The number of aliphatic hydroxyl groups excluding tert-OH is 1. The van der Waals surface area contributed by atoms with Gasteiger partial charge in [-0.25, -0.2) is 4.98 Å². The molecule has 0 aliphatic carbocycles. The SMILES string of the molecule is O=[N+]([O-])c1cc(Cl)nc(NCc2ccc(CO)cc2)c1. The van der Waals surface area contributed by atoms with Crippen LogP contribution in [-0.2, 0) is 13.2 Å². The normalized spacial score (nSPS) is 10.3. The molecule has 0 saturated heterocycles. The smallest absolute Gasteiger partial charge is 0.276 e. The summed E-state index contributed by atoms with van der Waals surface area (Å²) in [4.78, 5) is 14.2. The molecule has 1 aromatic carbocycles. The molecule has 0 bridgehead atoms. The van der Waals surface area contributed by atoms with Gasteiger partial charge in [0.25, 0.3) is 5.69 Å². The number of nitrogens with zero attached hydrogens (tertiary/aromatic N) is 2. The Morgan fingerprint density at radius 1 is 1.25 bits per heavy atom. The number of halogens is 1. The van der Waals surface area contributed by atoms with E-state index in [4.69, 9.17) is 16.7 Å². The Hall–Kier alpha value is -2.18. The van der Waals surface area contributed by atoms with Crippen LogP contribution in [0.25, 0.3) is 0 Å². The molecule has 1 heterocycles. The standard InChI is InChI=1S/C13H12ClN3O3/c14-12-5-11(17(19)20)6-13(16-12)15-7-9-1-3-10(8-18)4-2-9/h1-6,18H,7-8H2,(H,15,16). The Labute approximate surface area is 120 Å². The average molecular weight is 294 g/mol. The molecule has 0 radical (unpaired) electrons. The summed E-state index contributed by atoms with van der Waals surface area (Å²) >= 11 is 5.73. The quantitative estimate of drug-likeness (QED) is 0.503. The number of nitro groups is 1. The Morgan fingerprint density at radius 3 is 2.50 bits per heavy atom. The zero-order chi connectivity index (χ0) is 14.5. The molecule has 7 heteroatoms. The van der Waals surface area contributed by atoms with Gasteiger partial charge in [0.1, 0.15) is 11.0 Å². The van der Waals surface area contributed by atoms with Crippen LogP contribution in [0.1, 0.15) is 11.1 Å². The summed E-state index contributed by atoms with van der Waals surface area (Å²) in [5, 5.41) is 22.7. The molecule has 0 aliphatic heterocycles. The van der Waals surface area contributed by atoms with Gasteiger partial charge in [-0.15, -0.1) is 0 Å². The summed E-state index contributed by atoms with van der Waals surface area (Å²) in [6, 6.07) is 9.86. The minimum atomic E-state index is -0.519. The molecule has 2 N–H and O–H groups in total. The van der Waals surface area contributed by atoms with Crippen molar-refractivity contribution in [3.8, 4) is 0 Å². The summed E-state index contributed by atoms with van der Waals surface area (Å²) in [5.41, 5.74) is 1.68. The Kier molecular flexibility index (Phi) is 4.49. The predicted octanol–water partition coefficient (Wildman–Crippen LogP) is 2.75. The Bertz CT molecular complexity index is 617. The summed E-state index contributed by atoms with van der Waals surface area (Å²) in [7, 11) is 0. The number of rotatable bonds is 5. The van der Waals surface area contributed by atoms with E-state index in [9.17, 15) is 10.1 Å². The van der Waals surface area contributed by atoms with Crippen LogP contribution in [0, 0.1) is 10.1 Å². The highest BCUT2D eigenvalue weighted by Crippen LogP contribution is 2.20. The van der Waals surface area contributed by atoms with E-state index in [1.54, 1.807) is 0 Å². The second-order valence-electron chi connectivity index (χ2n) is 4.12. The second-order valence-corrected chi connectivity index (χ2v) is 4.51. The van der Waals surface area contributed by atoms with E-state index in [-0.39, 0.29) is 17.4 Å². The molecule has 0 spiro atoms. The third kappa shape index (κ3) is 3.66. The van der Waals surface area contributed by atoms with Crippen molar-refractivity contribution in [1.82, 2.24) is 4.98 Å². The fourth-order valence-electron chi connectivity index (χ4n) is 1.63. The van der Waals surface area contributed by atoms with Crippen molar-refractivity contribution in [3.05, 3.63) is 62.8 Å². The van der Waals surface area contributed by atoms with Crippen molar-refractivity contribution < 1.29 is 10.0 Å². The highest BCUT2D eigenvalue weighted by Gasteiger charge is 2.09. The van der Waals surface area contributed by atoms with Crippen molar-refractivity contribution in [2.75, 3.05) is 5.32 Å². The highest BCUT2D eigenvalue weighted by molar-refractivity contribution is 6.29. The Balaban J connectivity index is 2.08. The fourth-order valence-corrected chi connectivity index (χ4v) is 1.84. The van der Waals surface area contributed by atoms with Crippen LogP contribution in [0.3, 0.4) is 0 Å². The molecule has 0 saturated carbocycles. The van der Waals surface area contributed by atoms with E-state index in [2.05, 4.69) is 10.3 Å². The molecular weight excluding hydrogens is 282 g/mol. The minimum absolute atomic E-state index is 0.00421. The van der Waals surface area contributed by atoms with Crippen LogP contribution in [-0.4, -0.2) is 15.0 Å². The summed E-state index contributed by atoms with van der Waals surface area (Å²) in [5.74, 6) is 0.343. The maximum atomic E-state index is 10.7. The average Bonchev–Trinajstić information content (AvgIpc) is 2.45. The molecule has 1 aromatic heterocycles. The lowest BCUT2D eigenvalue weighted by Crippen LogP contribution is -2.02. The van der Waals surface area contributed by atoms with Gasteiger partial charge in [0.05, 0.1) is 23.7 Å². The molecule has 2 rings (SSSR count). The van der Waals surface area contributed by atoms with Crippen LogP contribution in [0.2, 0.25) is 5.15 Å². The number of hydrogen-bond donors (Lipinski definition) is 2. The maximum Gasteiger partial charge on any atom is 0.276 e. The molecule has 0 atom stereocenters. The van der Waals surface area contributed by atoms with Gasteiger partial charge in [0, 0.05) is 6.54 Å². The molecule has 0 amide bonds. The van der Waals surface area contributed by atoms with Crippen molar-refractivity contribution in [3.63, 3.8) is 0 Å². The van der Waals surface area contributed by atoms with Gasteiger partial charge in [-0.05, 0) is 11.1 Å².